The first-order valence-corrected chi connectivity index (χ1v) is 5.99. The maximum Gasteiger partial charge on any atom is 0.148 e. The van der Waals surface area contributed by atoms with Crippen molar-refractivity contribution in [1.82, 2.24) is 4.90 Å². The molecule has 4 heteroatoms. The summed E-state index contributed by atoms with van der Waals surface area (Å²) in [5.41, 5.74) is 1.18. The topological polar surface area (TPSA) is 41.9 Å². The highest BCUT2D eigenvalue weighted by Crippen LogP contribution is 2.24. The Morgan fingerprint density at radius 2 is 2.18 bits per heavy atom. The molecule has 92 valence electrons. The van der Waals surface area contributed by atoms with Gasteiger partial charge in [0.05, 0.1) is 13.2 Å². The Hall–Kier alpha value is -1.26. The van der Waals surface area contributed by atoms with Crippen LogP contribution in [0.4, 0.5) is 0 Å². The molecule has 1 aliphatic rings. The number of hydrogen-bond acceptors (Lipinski definition) is 4. The van der Waals surface area contributed by atoms with Crippen molar-refractivity contribution in [3.8, 4) is 0 Å². The first-order chi connectivity index (χ1) is 8.31. The zero-order chi connectivity index (χ0) is 12.1. The molecule has 2 rings (SSSR count). The number of hydrogen-bond donors (Lipinski definition) is 0. The number of likely N-dealkylation sites (tertiary alicyclic amines) is 1. The van der Waals surface area contributed by atoms with Crippen molar-refractivity contribution in [3.05, 3.63) is 40.8 Å². The Labute approximate surface area is 102 Å². The molecule has 0 bridgehead atoms. The fraction of sp³-hybridized carbons (Fsp3) is 0.538. The van der Waals surface area contributed by atoms with E-state index in [4.69, 9.17) is 4.74 Å². The summed E-state index contributed by atoms with van der Waals surface area (Å²) in [6.07, 6.45) is -0.143. The largest absolute Gasteiger partial charge is 0.375 e. The molecule has 2 unspecified atom stereocenters. The third-order valence-electron chi connectivity index (χ3n) is 3.15. The van der Waals surface area contributed by atoms with Crippen molar-refractivity contribution in [2.75, 3.05) is 19.7 Å². The van der Waals surface area contributed by atoms with E-state index in [2.05, 4.69) is 10.1 Å². The van der Waals surface area contributed by atoms with Gasteiger partial charge in [-0.25, -0.2) is 0 Å². The zero-order valence-electron chi connectivity index (χ0n) is 10.1. The van der Waals surface area contributed by atoms with Crippen LogP contribution in [0.5, 0.6) is 0 Å². The van der Waals surface area contributed by atoms with Gasteiger partial charge in [0.25, 0.3) is 0 Å². The Morgan fingerprint density at radius 1 is 1.41 bits per heavy atom. The third-order valence-corrected chi connectivity index (χ3v) is 3.15. The highest BCUT2D eigenvalue weighted by atomic mass is 16.5. The molecule has 1 fully saturated rings. The van der Waals surface area contributed by atoms with Crippen LogP contribution in [0.15, 0.2) is 35.5 Å². The molecule has 1 saturated heterocycles. The highest BCUT2D eigenvalue weighted by molar-refractivity contribution is 5.13. The van der Waals surface area contributed by atoms with Crippen LogP contribution in [-0.2, 0) is 11.3 Å². The van der Waals surface area contributed by atoms with Crippen molar-refractivity contribution in [3.63, 3.8) is 0 Å². The van der Waals surface area contributed by atoms with Gasteiger partial charge in [0.2, 0.25) is 0 Å². The summed E-state index contributed by atoms with van der Waals surface area (Å²) in [4.78, 5) is 12.6. The Morgan fingerprint density at radius 3 is 2.82 bits per heavy atom. The zero-order valence-corrected chi connectivity index (χ0v) is 10.1. The molecule has 2 atom stereocenters. The van der Waals surface area contributed by atoms with Crippen molar-refractivity contribution >= 4 is 0 Å². The highest BCUT2D eigenvalue weighted by Gasteiger charge is 2.36. The predicted molar refractivity (Wildman–Crippen MR) is 66.4 cm³/mol. The van der Waals surface area contributed by atoms with Crippen molar-refractivity contribution in [2.24, 2.45) is 11.1 Å². The molecule has 0 aliphatic carbocycles. The minimum atomic E-state index is -0.143. The molecular weight excluding hydrogens is 216 g/mol. The molecule has 0 aromatic heterocycles. The van der Waals surface area contributed by atoms with E-state index in [0.29, 0.717) is 19.1 Å². The van der Waals surface area contributed by atoms with Crippen molar-refractivity contribution in [1.29, 1.82) is 0 Å². The van der Waals surface area contributed by atoms with Gasteiger partial charge in [0, 0.05) is 19.0 Å². The second kappa shape index (κ2) is 5.89. The monoisotopic (exact) mass is 234 g/mol. The van der Waals surface area contributed by atoms with Crippen LogP contribution in [0.2, 0.25) is 0 Å². The molecule has 0 N–H and O–H groups in total. The molecular formula is C13H18N2O2. The number of benzene rings is 1. The predicted octanol–water partition coefficient (Wildman–Crippen LogP) is 2.25. The van der Waals surface area contributed by atoms with Gasteiger partial charge in [-0.1, -0.05) is 42.4 Å². The van der Waals surface area contributed by atoms with Gasteiger partial charge in [0.1, 0.15) is 6.17 Å². The van der Waals surface area contributed by atoms with Gasteiger partial charge in [-0.3, -0.25) is 4.90 Å². The average molecular weight is 234 g/mol. The number of nitroso groups, excluding NO2 is 1. The van der Waals surface area contributed by atoms with E-state index in [1.165, 1.54) is 5.56 Å². The summed E-state index contributed by atoms with van der Waals surface area (Å²) in [6, 6.07) is 10.1. The molecule has 0 amide bonds. The molecule has 1 aliphatic heterocycles. The second-order valence-electron chi connectivity index (χ2n) is 4.53. The first-order valence-electron chi connectivity index (χ1n) is 5.99. The smallest absolute Gasteiger partial charge is 0.148 e. The molecule has 0 spiro atoms. The van der Waals surface area contributed by atoms with Gasteiger partial charge < -0.3 is 4.74 Å². The maximum absolute atomic E-state index is 10.5. The van der Waals surface area contributed by atoms with Crippen LogP contribution in [0.1, 0.15) is 12.5 Å². The van der Waals surface area contributed by atoms with Crippen LogP contribution >= 0.6 is 0 Å². The van der Waals surface area contributed by atoms with E-state index >= 15 is 0 Å². The van der Waals surface area contributed by atoms with Crippen molar-refractivity contribution < 1.29 is 4.74 Å². The van der Waals surface area contributed by atoms with E-state index < -0.39 is 0 Å². The number of rotatable bonds is 6. The Bertz CT molecular complexity index is 356. The fourth-order valence-corrected chi connectivity index (χ4v) is 2.13. The molecule has 17 heavy (non-hydrogen) atoms. The van der Waals surface area contributed by atoms with Crippen LogP contribution in [0, 0.1) is 10.8 Å². The van der Waals surface area contributed by atoms with Gasteiger partial charge in [0.15, 0.2) is 0 Å². The third kappa shape index (κ3) is 3.11. The first kappa shape index (κ1) is 12.2. The Balaban J connectivity index is 1.63. The van der Waals surface area contributed by atoms with Crippen LogP contribution in [-0.4, -0.2) is 30.8 Å². The minimum Gasteiger partial charge on any atom is -0.375 e. The summed E-state index contributed by atoms with van der Waals surface area (Å²) in [6.45, 7) is 5.06. The summed E-state index contributed by atoms with van der Waals surface area (Å²) in [5, 5.41) is 3.11. The number of nitrogens with zero attached hydrogens (tertiary/aromatic N) is 2. The lowest BCUT2D eigenvalue weighted by molar-refractivity contribution is -0.00154. The van der Waals surface area contributed by atoms with Crippen LogP contribution in [0.3, 0.4) is 0 Å². The molecule has 1 aromatic rings. The second-order valence-corrected chi connectivity index (χ2v) is 4.53. The molecule has 4 nitrogen and oxygen atoms in total. The SMILES string of the molecule is CC1CN(CCOCc2ccccc2)C1N=O. The molecule has 0 radical (unpaired) electrons. The lowest BCUT2D eigenvalue weighted by Crippen LogP contribution is -2.54. The molecule has 1 heterocycles. The maximum atomic E-state index is 10.5. The van der Waals surface area contributed by atoms with Gasteiger partial charge in [-0.15, -0.1) is 4.91 Å². The number of ether oxygens (including phenoxy) is 1. The lowest BCUT2D eigenvalue weighted by Gasteiger charge is -2.41. The Kier molecular flexibility index (Phi) is 4.23. The van der Waals surface area contributed by atoms with Crippen LogP contribution in [0.25, 0.3) is 0 Å². The van der Waals surface area contributed by atoms with E-state index in [1.807, 2.05) is 37.3 Å². The van der Waals surface area contributed by atoms with Crippen LogP contribution < -0.4 is 0 Å². The van der Waals surface area contributed by atoms with Gasteiger partial charge >= 0.3 is 0 Å². The van der Waals surface area contributed by atoms with E-state index in [0.717, 1.165) is 13.1 Å². The summed E-state index contributed by atoms with van der Waals surface area (Å²) >= 11 is 0. The summed E-state index contributed by atoms with van der Waals surface area (Å²) in [5.74, 6) is 0.390. The average Bonchev–Trinajstić information content (AvgIpc) is 2.34. The summed E-state index contributed by atoms with van der Waals surface area (Å²) < 4.78 is 5.57. The normalized spacial score (nSPS) is 24.3. The van der Waals surface area contributed by atoms with Crippen molar-refractivity contribution in [2.45, 2.75) is 19.7 Å². The standard InChI is InChI=1S/C13H18N2O2/c1-11-9-15(13(11)14-16)7-8-17-10-12-5-3-2-4-6-12/h2-6,11,13H,7-10H2,1H3. The van der Waals surface area contributed by atoms with Gasteiger partial charge in [-0.2, -0.15) is 0 Å². The minimum absolute atomic E-state index is 0.143. The van der Waals surface area contributed by atoms with Gasteiger partial charge in [-0.05, 0) is 5.56 Å². The fourth-order valence-electron chi connectivity index (χ4n) is 2.13. The lowest BCUT2D eigenvalue weighted by atomic mass is 9.98. The van der Waals surface area contributed by atoms with E-state index in [9.17, 15) is 4.91 Å². The van der Waals surface area contributed by atoms with E-state index in [1.54, 1.807) is 0 Å². The summed E-state index contributed by atoms with van der Waals surface area (Å²) in [7, 11) is 0. The quantitative estimate of drug-likeness (QED) is 0.560. The van der Waals surface area contributed by atoms with E-state index in [-0.39, 0.29) is 6.17 Å². The molecule has 1 aromatic carbocycles. The molecule has 0 saturated carbocycles.